The number of carbonyl (C=O) groups excluding carboxylic acids is 1. The highest BCUT2D eigenvalue weighted by atomic mass is 16.5. The lowest BCUT2D eigenvalue weighted by molar-refractivity contribution is 0.0601. The molecule has 1 aliphatic rings. The fourth-order valence-corrected chi connectivity index (χ4v) is 3.38. The molecule has 1 atom stereocenters. The van der Waals surface area contributed by atoms with E-state index in [4.69, 9.17) is 20.2 Å². The maximum atomic E-state index is 11.9. The number of hydrogen-bond acceptors (Lipinski definition) is 7. The summed E-state index contributed by atoms with van der Waals surface area (Å²) in [4.78, 5) is 28.7. The van der Waals surface area contributed by atoms with E-state index >= 15 is 0 Å². The van der Waals surface area contributed by atoms with Crippen LogP contribution in [0.2, 0.25) is 0 Å². The molecule has 0 fully saturated rings. The number of benzene rings is 1. The Bertz CT molecular complexity index is 1130. The van der Waals surface area contributed by atoms with Crippen LogP contribution >= 0.6 is 0 Å². The van der Waals surface area contributed by atoms with Crippen molar-refractivity contribution in [3.8, 4) is 22.6 Å². The fraction of sp³-hybridized carbons (Fsp3) is 0.182. The van der Waals surface area contributed by atoms with Gasteiger partial charge in [-0.1, -0.05) is 12.1 Å². The maximum Gasteiger partial charge on any atom is 0.337 e. The highest BCUT2D eigenvalue weighted by Gasteiger charge is 2.24. The van der Waals surface area contributed by atoms with Crippen LogP contribution in [0.5, 0.6) is 0 Å². The molecule has 0 amide bonds. The van der Waals surface area contributed by atoms with E-state index < -0.39 is 5.97 Å². The lowest BCUT2D eigenvalue weighted by Crippen LogP contribution is -2.23. The number of rotatable bonds is 5. The number of H-pyrrole nitrogens is 1. The average Bonchev–Trinajstić information content (AvgIpc) is 3.25. The van der Waals surface area contributed by atoms with Crippen molar-refractivity contribution >= 4 is 11.8 Å². The third kappa shape index (κ3) is 3.67. The standard InChI is InChI=1S/C22H21N5O3/c1-29-17-11-16(12-25-20(17)23)19-18(13-6-8-24-9-7-13)26-21(27-19)14-4-3-5-15(10-14)22(28)30-2/h3-11,16H,12H2,1-2H3,(H2,23,25)(H,26,27). The number of hydrogen-bond donors (Lipinski definition) is 2. The summed E-state index contributed by atoms with van der Waals surface area (Å²) < 4.78 is 10.2. The SMILES string of the molecule is COC(=O)c1cccc(-c2nc(-c3ccncc3)c(C3C=C(OC)C(N)=NC3)[nH]2)c1. The van der Waals surface area contributed by atoms with Gasteiger partial charge in [0.1, 0.15) is 5.82 Å². The molecule has 3 N–H and O–H groups in total. The van der Waals surface area contributed by atoms with Crippen LogP contribution in [0.4, 0.5) is 0 Å². The van der Waals surface area contributed by atoms with E-state index in [1.165, 1.54) is 7.11 Å². The van der Waals surface area contributed by atoms with Crippen LogP contribution in [0.25, 0.3) is 22.6 Å². The predicted molar refractivity (Wildman–Crippen MR) is 113 cm³/mol. The maximum absolute atomic E-state index is 11.9. The zero-order chi connectivity index (χ0) is 21.1. The normalized spacial score (nSPS) is 15.9. The summed E-state index contributed by atoms with van der Waals surface area (Å²) in [6.45, 7) is 0.473. The number of carbonyl (C=O) groups is 1. The van der Waals surface area contributed by atoms with Crippen LogP contribution in [0, 0.1) is 0 Å². The second kappa shape index (κ2) is 8.20. The summed E-state index contributed by atoms with van der Waals surface area (Å²) in [7, 11) is 2.92. The topological polar surface area (TPSA) is 115 Å². The predicted octanol–water partition coefficient (Wildman–Crippen LogP) is 2.91. The van der Waals surface area contributed by atoms with E-state index in [1.54, 1.807) is 37.7 Å². The van der Waals surface area contributed by atoms with Gasteiger partial charge >= 0.3 is 5.97 Å². The average molecular weight is 403 g/mol. The number of methoxy groups -OCH3 is 2. The second-order valence-electron chi connectivity index (χ2n) is 6.72. The summed E-state index contributed by atoms with van der Waals surface area (Å²) in [5, 5.41) is 0. The van der Waals surface area contributed by atoms with E-state index in [2.05, 4.69) is 15.0 Å². The Hall–Kier alpha value is -3.94. The molecule has 0 spiro atoms. The van der Waals surface area contributed by atoms with Gasteiger partial charge in [0.25, 0.3) is 0 Å². The van der Waals surface area contributed by atoms with Crippen molar-refractivity contribution in [1.29, 1.82) is 0 Å². The number of esters is 1. The van der Waals surface area contributed by atoms with Gasteiger partial charge in [-0.3, -0.25) is 9.98 Å². The molecule has 1 unspecified atom stereocenters. The smallest absolute Gasteiger partial charge is 0.337 e. The van der Waals surface area contributed by atoms with Crippen molar-refractivity contribution in [2.45, 2.75) is 5.92 Å². The van der Waals surface area contributed by atoms with Crippen molar-refractivity contribution in [2.24, 2.45) is 10.7 Å². The van der Waals surface area contributed by atoms with Crippen LogP contribution < -0.4 is 5.73 Å². The number of nitrogens with one attached hydrogen (secondary N) is 1. The molecule has 3 heterocycles. The molecule has 0 saturated carbocycles. The Morgan fingerprint density at radius 3 is 2.70 bits per heavy atom. The van der Waals surface area contributed by atoms with Gasteiger partial charge < -0.3 is 20.2 Å². The molecule has 8 heteroatoms. The van der Waals surface area contributed by atoms with E-state index in [-0.39, 0.29) is 5.92 Å². The molecule has 152 valence electrons. The molecular weight excluding hydrogens is 382 g/mol. The van der Waals surface area contributed by atoms with Gasteiger partial charge in [-0.05, 0) is 30.3 Å². The highest BCUT2D eigenvalue weighted by Crippen LogP contribution is 2.33. The minimum Gasteiger partial charge on any atom is -0.493 e. The Kier molecular flexibility index (Phi) is 5.30. The molecule has 8 nitrogen and oxygen atoms in total. The number of amidine groups is 1. The molecule has 1 aliphatic heterocycles. The Labute approximate surface area is 173 Å². The summed E-state index contributed by atoms with van der Waals surface area (Å²) in [5.74, 6) is 1.06. The van der Waals surface area contributed by atoms with Gasteiger partial charge in [0.15, 0.2) is 11.6 Å². The first kappa shape index (κ1) is 19.4. The van der Waals surface area contributed by atoms with E-state index in [1.807, 2.05) is 24.3 Å². The number of aromatic nitrogens is 3. The Balaban J connectivity index is 1.82. The Morgan fingerprint density at radius 2 is 1.97 bits per heavy atom. The molecule has 0 saturated heterocycles. The molecule has 3 aromatic rings. The molecule has 2 aromatic heterocycles. The van der Waals surface area contributed by atoms with Crippen molar-refractivity contribution in [3.05, 3.63) is 71.9 Å². The van der Waals surface area contributed by atoms with Crippen LogP contribution in [-0.4, -0.2) is 47.5 Å². The second-order valence-corrected chi connectivity index (χ2v) is 6.72. The van der Waals surface area contributed by atoms with Gasteiger partial charge in [-0.25, -0.2) is 9.78 Å². The van der Waals surface area contributed by atoms with Crippen molar-refractivity contribution in [1.82, 2.24) is 15.0 Å². The van der Waals surface area contributed by atoms with Crippen molar-refractivity contribution in [3.63, 3.8) is 0 Å². The molecule has 30 heavy (non-hydrogen) atoms. The monoisotopic (exact) mass is 403 g/mol. The number of imidazole rings is 1. The molecule has 0 aliphatic carbocycles. The molecule has 0 bridgehead atoms. The molecular formula is C22H21N5O3. The highest BCUT2D eigenvalue weighted by molar-refractivity contribution is 5.96. The molecule has 0 radical (unpaired) electrons. The minimum atomic E-state index is -0.400. The lowest BCUT2D eigenvalue weighted by atomic mass is 9.98. The number of aromatic amines is 1. The van der Waals surface area contributed by atoms with Gasteiger partial charge in [0.2, 0.25) is 0 Å². The summed E-state index contributed by atoms with van der Waals surface area (Å²) >= 11 is 0. The van der Waals surface area contributed by atoms with E-state index in [0.717, 1.165) is 22.5 Å². The van der Waals surface area contributed by atoms with Crippen LogP contribution in [0.1, 0.15) is 22.0 Å². The lowest BCUT2D eigenvalue weighted by Gasteiger charge is -2.18. The number of dihydropyridines is 1. The number of nitrogens with two attached hydrogens (primary N) is 1. The summed E-state index contributed by atoms with van der Waals surface area (Å²) in [6.07, 6.45) is 5.38. The van der Waals surface area contributed by atoms with Crippen molar-refractivity contribution < 1.29 is 14.3 Å². The van der Waals surface area contributed by atoms with Gasteiger partial charge in [0, 0.05) is 29.4 Å². The molecule has 1 aromatic carbocycles. The van der Waals surface area contributed by atoms with Crippen molar-refractivity contribution in [2.75, 3.05) is 20.8 Å². The first-order valence-electron chi connectivity index (χ1n) is 9.36. The Morgan fingerprint density at radius 1 is 1.17 bits per heavy atom. The van der Waals surface area contributed by atoms with E-state index in [9.17, 15) is 4.79 Å². The summed E-state index contributed by atoms with van der Waals surface area (Å²) in [6, 6.07) is 10.9. The first-order valence-corrected chi connectivity index (χ1v) is 9.36. The zero-order valence-corrected chi connectivity index (χ0v) is 16.6. The largest absolute Gasteiger partial charge is 0.493 e. The number of nitrogens with zero attached hydrogens (tertiary/aromatic N) is 3. The summed E-state index contributed by atoms with van der Waals surface area (Å²) in [5.41, 5.74) is 9.72. The van der Waals surface area contributed by atoms with Crippen LogP contribution in [-0.2, 0) is 9.47 Å². The number of ether oxygens (including phenoxy) is 2. The first-order chi connectivity index (χ1) is 14.6. The minimum absolute atomic E-state index is 0.0968. The third-order valence-corrected chi connectivity index (χ3v) is 4.90. The third-order valence-electron chi connectivity index (χ3n) is 4.90. The van der Waals surface area contributed by atoms with Gasteiger partial charge in [-0.2, -0.15) is 0 Å². The van der Waals surface area contributed by atoms with Crippen LogP contribution in [0.3, 0.4) is 0 Å². The molecule has 4 rings (SSSR count). The zero-order valence-electron chi connectivity index (χ0n) is 16.6. The van der Waals surface area contributed by atoms with Gasteiger partial charge in [-0.15, -0.1) is 0 Å². The quantitative estimate of drug-likeness (QED) is 0.633. The fourth-order valence-electron chi connectivity index (χ4n) is 3.38. The number of aliphatic imine (C=N–C) groups is 1. The van der Waals surface area contributed by atoms with Gasteiger partial charge in [0.05, 0.1) is 37.7 Å². The number of pyridine rings is 1. The van der Waals surface area contributed by atoms with E-state index in [0.29, 0.717) is 29.5 Å². The van der Waals surface area contributed by atoms with Crippen LogP contribution in [0.15, 0.2) is 65.6 Å².